The lowest BCUT2D eigenvalue weighted by Crippen LogP contribution is -2.39. The number of fused-ring (bicyclic) bond motifs is 2. The van der Waals surface area contributed by atoms with E-state index in [1.165, 1.54) is 33.4 Å². The smallest absolute Gasteiger partial charge is 0.338 e. The number of hydrogen-bond acceptors (Lipinski definition) is 7. The van der Waals surface area contributed by atoms with Crippen LogP contribution in [0.25, 0.3) is 16.8 Å². The fourth-order valence-corrected chi connectivity index (χ4v) is 9.03. The predicted molar refractivity (Wildman–Crippen MR) is 185 cm³/mol. The third-order valence-electron chi connectivity index (χ3n) is 6.90. The first-order chi connectivity index (χ1) is 20.4. The van der Waals surface area contributed by atoms with E-state index in [9.17, 15) is 9.59 Å². The van der Waals surface area contributed by atoms with Crippen molar-refractivity contribution in [2.75, 3.05) is 6.61 Å². The second-order valence-corrected chi connectivity index (χ2v) is 13.9. The second-order valence-electron chi connectivity index (χ2n) is 9.56. The zero-order valence-electron chi connectivity index (χ0n) is 22.6. The van der Waals surface area contributed by atoms with Gasteiger partial charge >= 0.3 is 5.97 Å². The van der Waals surface area contributed by atoms with Gasteiger partial charge in [-0.1, -0.05) is 59.9 Å². The molecule has 6 rings (SSSR count). The second kappa shape index (κ2) is 12.4. The molecule has 0 saturated heterocycles. The van der Waals surface area contributed by atoms with Crippen molar-refractivity contribution in [1.29, 1.82) is 0 Å². The molecule has 10 heteroatoms. The summed E-state index contributed by atoms with van der Waals surface area (Å²) in [6.45, 7) is 4.27. The van der Waals surface area contributed by atoms with E-state index in [4.69, 9.17) is 9.47 Å². The van der Waals surface area contributed by atoms with Gasteiger partial charge in [-0.05, 0) is 111 Å². The Kier molecular flexibility index (Phi) is 8.66. The molecule has 2 aromatic heterocycles. The molecule has 212 valence electrons. The van der Waals surface area contributed by atoms with E-state index in [2.05, 4.69) is 80.5 Å². The highest BCUT2D eigenvalue weighted by molar-refractivity contribution is 14.1. The number of aromatic nitrogens is 1. The standard InChI is InChI=1S/C32H24I2N2O4S2/c1-3-39-31(38)27-18(2)35-32-36(28(27)25-12-7-13-41-25)30(37)26(42-32)16-19-14-23(33)29(24(34)15-19)40-17-21-10-6-9-20-8-4-5-11-22(20)21/h4-16,28H,3,17H2,1-2H3/b26-16-/t28-/m0/s1. The zero-order chi connectivity index (χ0) is 29.4. The van der Waals surface area contributed by atoms with E-state index in [1.807, 2.05) is 47.9 Å². The van der Waals surface area contributed by atoms with Crippen LogP contribution in [0.15, 0.2) is 93.2 Å². The Labute approximate surface area is 277 Å². The number of thiazole rings is 1. The number of rotatable bonds is 7. The van der Waals surface area contributed by atoms with Crippen LogP contribution < -0.4 is 19.6 Å². The Balaban J connectivity index is 1.35. The van der Waals surface area contributed by atoms with Crippen LogP contribution in [0.1, 0.15) is 35.9 Å². The van der Waals surface area contributed by atoms with Gasteiger partial charge in [0.25, 0.3) is 5.56 Å². The molecule has 0 unspecified atom stereocenters. The molecule has 0 bridgehead atoms. The summed E-state index contributed by atoms with van der Waals surface area (Å²) >= 11 is 7.40. The zero-order valence-corrected chi connectivity index (χ0v) is 28.5. The van der Waals surface area contributed by atoms with Gasteiger partial charge in [0.1, 0.15) is 18.4 Å². The summed E-state index contributed by atoms with van der Waals surface area (Å²) < 4.78 is 15.8. The summed E-state index contributed by atoms with van der Waals surface area (Å²) in [5.41, 5.74) is 2.79. The van der Waals surface area contributed by atoms with Gasteiger partial charge in [0.2, 0.25) is 0 Å². The number of allylic oxidation sites excluding steroid dienone is 1. The van der Waals surface area contributed by atoms with Crippen molar-refractivity contribution in [2.24, 2.45) is 4.99 Å². The molecule has 0 aliphatic carbocycles. The van der Waals surface area contributed by atoms with Crippen LogP contribution in [-0.2, 0) is 16.1 Å². The maximum Gasteiger partial charge on any atom is 0.338 e. The highest BCUT2D eigenvalue weighted by Gasteiger charge is 2.33. The molecule has 0 fully saturated rings. The molecule has 3 aromatic carbocycles. The fourth-order valence-electron chi connectivity index (χ4n) is 5.03. The summed E-state index contributed by atoms with van der Waals surface area (Å²) in [5, 5.41) is 4.31. The Morgan fingerprint density at radius 2 is 1.83 bits per heavy atom. The number of ether oxygens (including phenoxy) is 2. The minimum Gasteiger partial charge on any atom is -0.487 e. The van der Waals surface area contributed by atoms with E-state index in [-0.39, 0.29) is 12.2 Å². The first kappa shape index (κ1) is 29.3. The molecule has 5 aromatic rings. The summed E-state index contributed by atoms with van der Waals surface area (Å²) in [5.74, 6) is 0.366. The average Bonchev–Trinajstić information content (AvgIpc) is 3.60. The number of thiophene rings is 1. The molecule has 0 spiro atoms. The number of carbonyl (C=O) groups is 1. The summed E-state index contributed by atoms with van der Waals surface area (Å²) in [6, 6.07) is 21.9. The van der Waals surface area contributed by atoms with Crippen LogP contribution in [0.5, 0.6) is 5.75 Å². The Morgan fingerprint density at radius 1 is 1.07 bits per heavy atom. The lowest BCUT2D eigenvalue weighted by molar-refractivity contribution is -0.139. The van der Waals surface area contributed by atoms with Crippen molar-refractivity contribution < 1.29 is 14.3 Å². The third-order valence-corrected chi connectivity index (χ3v) is 10.4. The lowest BCUT2D eigenvalue weighted by Gasteiger charge is -2.23. The van der Waals surface area contributed by atoms with Crippen LogP contribution in [0.3, 0.4) is 0 Å². The molecule has 1 aliphatic rings. The monoisotopic (exact) mass is 818 g/mol. The quantitative estimate of drug-likeness (QED) is 0.134. The van der Waals surface area contributed by atoms with Gasteiger partial charge in [-0.15, -0.1) is 11.3 Å². The van der Waals surface area contributed by atoms with E-state index in [0.717, 1.165) is 28.9 Å². The van der Waals surface area contributed by atoms with Gasteiger partial charge in [-0.25, -0.2) is 9.79 Å². The first-order valence-electron chi connectivity index (χ1n) is 13.2. The molecule has 6 nitrogen and oxygen atoms in total. The molecule has 1 atom stereocenters. The lowest BCUT2D eigenvalue weighted by atomic mass is 10.0. The van der Waals surface area contributed by atoms with Gasteiger partial charge in [-0.2, -0.15) is 0 Å². The predicted octanol–water partition coefficient (Wildman–Crippen LogP) is 6.80. The Bertz CT molecular complexity index is 2020. The van der Waals surface area contributed by atoms with Crippen LogP contribution in [0, 0.1) is 7.14 Å². The number of esters is 1. The topological polar surface area (TPSA) is 69.9 Å². The van der Waals surface area contributed by atoms with Crippen molar-refractivity contribution in [3.8, 4) is 5.75 Å². The minimum atomic E-state index is -0.576. The van der Waals surface area contributed by atoms with Crippen LogP contribution in [0.2, 0.25) is 0 Å². The molecule has 0 saturated carbocycles. The van der Waals surface area contributed by atoms with Crippen molar-refractivity contribution in [1.82, 2.24) is 4.57 Å². The number of nitrogens with zero attached hydrogens (tertiary/aromatic N) is 2. The maximum atomic E-state index is 13.8. The van der Waals surface area contributed by atoms with Crippen molar-refractivity contribution >= 4 is 90.7 Å². The highest BCUT2D eigenvalue weighted by Crippen LogP contribution is 2.34. The molecule has 3 heterocycles. The highest BCUT2D eigenvalue weighted by atomic mass is 127. The van der Waals surface area contributed by atoms with Gasteiger partial charge in [0, 0.05) is 4.88 Å². The van der Waals surface area contributed by atoms with Crippen LogP contribution >= 0.6 is 67.9 Å². The average molecular weight is 818 g/mol. The number of benzene rings is 3. The van der Waals surface area contributed by atoms with Crippen molar-refractivity contribution in [2.45, 2.75) is 26.5 Å². The van der Waals surface area contributed by atoms with E-state index < -0.39 is 12.0 Å². The SMILES string of the molecule is CCOC(=O)C1=C(C)N=c2s/c(=C\c3cc(I)c(OCc4cccc5ccccc45)c(I)c3)c(=O)n2[C@H]1c1cccs1. The molecular weight excluding hydrogens is 794 g/mol. The summed E-state index contributed by atoms with van der Waals surface area (Å²) in [7, 11) is 0. The molecular formula is C32H24I2N2O4S2. The number of halogens is 2. The molecule has 0 radical (unpaired) electrons. The molecule has 0 N–H and O–H groups in total. The third kappa shape index (κ3) is 5.61. The normalized spacial score (nSPS) is 15.0. The number of hydrogen-bond donors (Lipinski definition) is 0. The van der Waals surface area contributed by atoms with Gasteiger partial charge < -0.3 is 9.47 Å². The fraction of sp³-hybridized carbons (Fsp3) is 0.156. The van der Waals surface area contributed by atoms with Crippen molar-refractivity contribution in [3.63, 3.8) is 0 Å². The van der Waals surface area contributed by atoms with Gasteiger partial charge in [0.05, 0.1) is 29.5 Å². The Hall–Kier alpha value is -2.81. The summed E-state index contributed by atoms with van der Waals surface area (Å²) in [4.78, 5) is 32.9. The van der Waals surface area contributed by atoms with Gasteiger partial charge in [0.15, 0.2) is 4.80 Å². The van der Waals surface area contributed by atoms with Crippen LogP contribution in [0.4, 0.5) is 0 Å². The maximum absolute atomic E-state index is 13.8. The van der Waals surface area contributed by atoms with Crippen molar-refractivity contribution in [3.05, 3.63) is 126 Å². The van der Waals surface area contributed by atoms with E-state index in [1.54, 1.807) is 18.4 Å². The largest absolute Gasteiger partial charge is 0.487 e. The van der Waals surface area contributed by atoms with E-state index >= 15 is 0 Å². The molecule has 42 heavy (non-hydrogen) atoms. The number of carbonyl (C=O) groups excluding carboxylic acids is 1. The minimum absolute atomic E-state index is 0.187. The summed E-state index contributed by atoms with van der Waals surface area (Å²) in [6.07, 6.45) is 1.89. The Morgan fingerprint density at radius 3 is 2.57 bits per heavy atom. The van der Waals surface area contributed by atoms with Crippen LogP contribution in [-0.4, -0.2) is 17.1 Å². The molecule has 1 aliphatic heterocycles. The van der Waals surface area contributed by atoms with Gasteiger partial charge in [-0.3, -0.25) is 9.36 Å². The van der Waals surface area contributed by atoms with E-state index in [0.29, 0.717) is 27.2 Å². The first-order valence-corrected chi connectivity index (χ1v) is 17.0. The molecule has 0 amide bonds.